The van der Waals surface area contributed by atoms with Crippen molar-refractivity contribution in [3.63, 3.8) is 0 Å². The molecule has 1 atom stereocenters. The van der Waals surface area contributed by atoms with E-state index in [-0.39, 0.29) is 23.8 Å². The molecule has 0 fully saturated rings. The van der Waals surface area contributed by atoms with E-state index in [0.29, 0.717) is 22.4 Å². The highest BCUT2D eigenvalue weighted by molar-refractivity contribution is 6.00. The van der Waals surface area contributed by atoms with Gasteiger partial charge in [0.2, 0.25) is 11.7 Å². The number of nitrogens with two attached hydrogens (primary N) is 1. The first-order chi connectivity index (χ1) is 18.9. The van der Waals surface area contributed by atoms with E-state index in [2.05, 4.69) is 15.3 Å². The summed E-state index contributed by atoms with van der Waals surface area (Å²) in [6, 6.07) is 22.2. The predicted molar refractivity (Wildman–Crippen MR) is 145 cm³/mol. The number of fused-ring (bicyclic) bond motifs is 1. The molecule has 0 saturated carbocycles. The molecular formula is C29H25N5O5. The maximum absolute atomic E-state index is 13.5. The van der Waals surface area contributed by atoms with Gasteiger partial charge >= 0.3 is 0 Å². The Morgan fingerprint density at radius 1 is 1.05 bits per heavy atom. The summed E-state index contributed by atoms with van der Waals surface area (Å²) in [6.07, 6.45) is 1.44. The van der Waals surface area contributed by atoms with Gasteiger partial charge in [0.15, 0.2) is 5.58 Å². The lowest BCUT2D eigenvalue weighted by Gasteiger charge is -2.18. The number of aromatic nitrogens is 3. The molecule has 10 nitrogen and oxygen atoms in total. The van der Waals surface area contributed by atoms with Crippen LogP contribution in [0.4, 0.5) is 5.69 Å². The minimum atomic E-state index is -1.00. The standard InChI is InChI=1S/C29H25N5O5/c1-38-20-11-7-10-19(15-20)27-31-16-21(30)29(37)34(27)17-25(35)32-23(14-18-8-3-2-4-9-18)26(36)28-33-22-12-5-6-13-24(22)39-28/h2-13,15-16,23H,14,17,30H2,1H3,(H,32,35). The molecule has 2 aromatic heterocycles. The number of Topliss-reactive ketones (excluding diaryl/α,β-unsaturated/α-hetero) is 1. The molecule has 1 amide bonds. The Morgan fingerprint density at radius 3 is 2.59 bits per heavy atom. The molecule has 3 N–H and O–H groups in total. The fraction of sp³-hybridized carbons (Fsp3) is 0.138. The van der Waals surface area contributed by atoms with Gasteiger partial charge < -0.3 is 20.2 Å². The second-order valence-electron chi connectivity index (χ2n) is 8.82. The largest absolute Gasteiger partial charge is 0.497 e. The minimum Gasteiger partial charge on any atom is -0.497 e. The number of methoxy groups -OCH3 is 1. The van der Waals surface area contributed by atoms with Gasteiger partial charge in [-0.3, -0.25) is 19.0 Å². The summed E-state index contributed by atoms with van der Waals surface area (Å²) in [5, 5.41) is 2.76. The van der Waals surface area contributed by atoms with Crippen LogP contribution in [0.1, 0.15) is 16.2 Å². The normalized spacial score (nSPS) is 11.7. The summed E-state index contributed by atoms with van der Waals surface area (Å²) >= 11 is 0. The van der Waals surface area contributed by atoms with E-state index in [1.54, 1.807) is 48.5 Å². The number of hydrogen-bond acceptors (Lipinski definition) is 8. The number of ketones is 1. The van der Waals surface area contributed by atoms with Crippen LogP contribution in [0.5, 0.6) is 5.75 Å². The van der Waals surface area contributed by atoms with Crippen molar-refractivity contribution >= 4 is 28.5 Å². The van der Waals surface area contributed by atoms with Crippen molar-refractivity contribution in [1.82, 2.24) is 19.9 Å². The Balaban J connectivity index is 1.45. The number of carbonyl (C=O) groups is 2. The Hall–Kier alpha value is -5.25. The molecule has 0 radical (unpaired) electrons. The average Bonchev–Trinajstić information content (AvgIpc) is 3.40. The predicted octanol–water partition coefficient (Wildman–Crippen LogP) is 3.25. The molecule has 0 aliphatic rings. The third kappa shape index (κ3) is 5.54. The van der Waals surface area contributed by atoms with Crippen LogP contribution in [-0.2, 0) is 17.8 Å². The zero-order valence-corrected chi connectivity index (χ0v) is 21.0. The van der Waals surface area contributed by atoms with Crippen molar-refractivity contribution in [2.45, 2.75) is 19.0 Å². The number of para-hydroxylation sites is 2. The highest BCUT2D eigenvalue weighted by Crippen LogP contribution is 2.22. The van der Waals surface area contributed by atoms with Gasteiger partial charge in [0, 0.05) is 12.0 Å². The molecule has 1 unspecified atom stereocenters. The summed E-state index contributed by atoms with van der Waals surface area (Å²) in [7, 11) is 1.52. The van der Waals surface area contributed by atoms with Crippen molar-refractivity contribution in [3.05, 3.63) is 107 Å². The Morgan fingerprint density at radius 2 is 1.82 bits per heavy atom. The smallest absolute Gasteiger partial charge is 0.277 e. The average molecular weight is 524 g/mol. The highest BCUT2D eigenvalue weighted by atomic mass is 16.5. The maximum atomic E-state index is 13.5. The fourth-order valence-corrected chi connectivity index (χ4v) is 4.22. The van der Waals surface area contributed by atoms with Crippen LogP contribution in [0.2, 0.25) is 0 Å². The van der Waals surface area contributed by atoms with Crippen LogP contribution in [0.15, 0.2) is 94.3 Å². The van der Waals surface area contributed by atoms with E-state index < -0.39 is 29.8 Å². The first kappa shape index (κ1) is 25.4. The molecule has 0 aliphatic heterocycles. The number of amides is 1. The summed E-state index contributed by atoms with van der Waals surface area (Å²) in [4.78, 5) is 48.4. The zero-order chi connectivity index (χ0) is 27.4. The minimum absolute atomic E-state index is 0.113. The molecule has 0 saturated heterocycles. The Bertz CT molecular complexity index is 1680. The van der Waals surface area contributed by atoms with Gasteiger partial charge in [-0.05, 0) is 29.8 Å². The highest BCUT2D eigenvalue weighted by Gasteiger charge is 2.27. The number of oxazole rings is 1. The van der Waals surface area contributed by atoms with Gasteiger partial charge in [-0.15, -0.1) is 0 Å². The molecule has 39 heavy (non-hydrogen) atoms. The molecule has 0 aliphatic carbocycles. The Kier molecular flexibility index (Phi) is 7.17. The van der Waals surface area contributed by atoms with Crippen molar-refractivity contribution in [2.24, 2.45) is 0 Å². The molecule has 196 valence electrons. The zero-order valence-electron chi connectivity index (χ0n) is 21.0. The number of hydrogen-bond donors (Lipinski definition) is 2. The van der Waals surface area contributed by atoms with Crippen LogP contribution < -0.4 is 21.3 Å². The second-order valence-corrected chi connectivity index (χ2v) is 8.82. The number of nitrogens with zero attached hydrogens (tertiary/aromatic N) is 3. The van der Waals surface area contributed by atoms with Crippen LogP contribution in [0.3, 0.4) is 0 Å². The number of rotatable bonds is 9. The molecule has 0 bridgehead atoms. The molecular weight excluding hydrogens is 498 g/mol. The molecule has 2 heterocycles. The first-order valence-corrected chi connectivity index (χ1v) is 12.2. The SMILES string of the molecule is COc1cccc(-c2ncc(N)c(=O)n2CC(=O)NC(Cc2ccccc2)C(=O)c2nc3ccccc3o2)c1. The number of carbonyl (C=O) groups excluding carboxylic acids is 2. The van der Waals surface area contributed by atoms with Gasteiger partial charge in [-0.25, -0.2) is 9.97 Å². The number of nitrogen functional groups attached to an aromatic ring is 1. The van der Waals surface area contributed by atoms with E-state index in [9.17, 15) is 14.4 Å². The lowest BCUT2D eigenvalue weighted by atomic mass is 10.0. The number of nitrogens with one attached hydrogen (secondary N) is 1. The van der Waals surface area contributed by atoms with Crippen LogP contribution in [-0.4, -0.2) is 39.4 Å². The quantitative estimate of drug-likeness (QED) is 0.280. The molecule has 0 spiro atoms. The molecule has 10 heteroatoms. The van der Waals surface area contributed by atoms with Gasteiger partial charge in [0.25, 0.3) is 11.4 Å². The summed E-state index contributed by atoms with van der Waals surface area (Å²) < 4.78 is 12.1. The number of ether oxygens (including phenoxy) is 1. The Labute approximate surface area is 223 Å². The van der Waals surface area contributed by atoms with Crippen LogP contribution in [0.25, 0.3) is 22.5 Å². The van der Waals surface area contributed by atoms with Crippen LogP contribution >= 0.6 is 0 Å². The third-order valence-corrected chi connectivity index (χ3v) is 6.14. The van der Waals surface area contributed by atoms with Crippen molar-refractivity contribution in [3.8, 4) is 17.1 Å². The number of benzene rings is 3. The van der Waals surface area contributed by atoms with E-state index in [4.69, 9.17) is 14.9 Å². The summed E-state index contributed by atoms with van der Waals surface area (Å²) in [5.74, 6) is -0.402. The van der Waals surface area contributed by atoms with Gasteiger partial charge in [0.1, 0.15) is 35.4 Å². The van der Waals surface area contributed by atoms with E-state index in [0.717, 1.165) is 5.56 Å². The van der Waals surface area contributed by atoms with Crippen LogP contribution in [0, 0.1) is 0 Å². The van der Waals surface area contributed by atoms with E-state index in [1.165, 1.54) is 17.9 Å². The topological polar surface area (TPSA) is 142 Å². The fourth-order valence-electron chi connectivity index (χ4n) is 4.22. The second kappa shape index (κ2) is 11.0. The van der Waals surface area contributed by atoms with Gasteiger partial charge in [-0.1, -0.05) is 54.6 Å². The molecule has 3 aromatic carbocycles. The first-order valence-electron chi connectivity index (χ1n) is 12.2. The van der Waals surface area contributed by atoms with Crippen molar-refractivity contribution < 1.29 is 18.7 Å². The third-order valence-electron chi connectivity index (χ3n) is 6.14. The van der Waals surface area contributed by atoms with Crippen molar-refractivity contribution in [1.29, 1.82) is 0 Å². The van der Waals surface area contributed by atoms with Gasteiger partial charge in [-0.2, -0.15) is 0 Å². The van der Waals surface area contributed by atoms with E-state index >= 15 is 0 Å². The van der Waals surface area contributed by atoms with E-state index in [1.807, 2.05) is 30.3 Å². The lowest BCUT2D eigenvalue weighted by molar-refractivity contribution is -0.122. The summed E-state index contributed by atoms with van der Waals surface area (Å²) in [6.45, 7) is -0.421. The van der Waals surface area contributed by atoms with Gasteiger partial charge in [0.05, 0.1) is 13.3 Å². The monoisotopic (exact) mass is 523 g/mol. The van der Waals surface area contributed by atoms with Crippen molar-refractivity contribution in [2.75, 3.05) is 12.8 Å². The maximum Gasteiger partial charge on any atom is 0.277 e. The molecule has 5 rings (SSSR count). The number of anilines is 1. The molecule has 5 aromatic rings. The summed E-state index contributed by atoms with van der Waals surface area (Å²) in [5.41, 5.74) is 7.52. The lowest BCUT2D eigenvalue weighted by Crippen LogP contribution is -2.45.